The number of ether oxygens (including phenoxy) is 1. The van der Waals surface area contributed by atoms with E-state index in [9.17, 15) is 37.1 Å². The lowest BCUT2D eigenvalue weighted by molar-refractivity contribution is -0.174. The van der Waals surface area contributed by atoms with Gasteiger partial charge in [0.05, 0.1) is 6.04 Å². The highest BCUT2D eigenvalue weighted by Gasteiger charge is 2.44. The Kier molecular flexibility index (Phi) is 12.7. The summed E-state index contributed by atoms with van der Waals surface area (Å²) in [6, 6.07) is 4.13. The van der Waals surface area contributed by atoms with Crippen molar-refractivity contribution in [1.82, 2.24) is 16.0 Å². The highest BCUT2D eigenvalue weighted by atomic mass is 19.4. The molecule has 38 heavy (non-hydrogen) atoms. The van der Waals surface area contributed by atoms with Gasteiger partial charge in [0.1, 0.15) is 18.7 Å². The third-order valence-electron chi connectivity index (χ3n) is 5.33. The number of carboxylic acid groups (broad SMARTS) is 1. The number of aliphatic carboxylic acids is 1. The summed E-state index contributed by atoms with van der Waals surface area (Å²) in [5.74, 6) is -6.29. The summed E-state index contributed by atoms with van der Waals surface area (Å²) in [6.07, 6.45) is -7.78. The molecule has 0 radical (unpaired) electrons. The Hall–Kier alpha value is -3.64. The number of nitrogens with one attached hydrogen (secondary N) is 3. The fourth-order valence-corrected chi connectivity index (χ4v) is 3.40. The normalized spacial score (nSPS) is 13.8. The summed E-state index contributed by atoms with van der Waals surface area (Å²) >= 11 is 0. The van der Waals surface area contributed by atoms with Crippen molar-refractivity contribution in [2.45, 2.75) is 77.9 Å². The number of amides is 3. The van der Waals surface area contributed by atoms with Gasteiger partial charge in [-0.3, -0.25) is 19.2 Å². The molecule has 1 aromatic rings. The van der Waals surface area contributed by atoms with Crippen molar-refractivity contribution < 1.29 is 47.0 Å². The van der Waals surface area contributed by atoms with Crippen LogP contribution in [0.25, 0.3) is 0 Å². The molecule has 212 valence electrons. The molecule has 0 spiro atoms. The van der Waals surface area contributed by atoms with Crippen LogP contribution in [0.15, 0.2) is 30.3 Å². The molecule has 0 saturated heterocycles. The summed E-state index contributed by atoms with van der Waals surface area (Å²) in [7, 11) is 0. The van der Waals surface area contributed by atoms with E-state index in [2.05, 4.69) is 10.6 Å². The molecule has 1 aromatic carbocycles. The number of alkyl carbamates (subject to hydrolysis) is 1. The quantitative estimate of drug-likeness (QED) is 0.281. The van der Waals surface area contributed by atoms with Crippen molar-refractivity contribution in [3.8, 4) is 0 Å². The zero-order valence-corrected chi connectivity index (χ0v) is 21.6. The summed E-state index contributed by atoms with van der Waals surface area (Å²) < 4.78 is 44.2. The molecule has 4 N–H and O–H groups in total. The van der Waals surface area contributed by atoms with Crippen LogP contribution in [0.2, 0.25) is 0 Å². The number of Topliss-reactive ketones (excluding diaryl/α,β-unsaturated/α-hetero) is 1. The summed E-state index contributed by atoms with van der Waals surface area (Å²) in [5.41, 5.74) is 0.715. The van der Waals surface area contributed by atoms with Crippen LogP contribution in [-0.4, -0.2) is 59.1 Å². The number of hydrogen-bond acceptors (Lipinski definition) is 6. The van der Waals surface area contributed by atoms with E-state index in [1.54, 1.807) is 58.0 Å². The van der Waals surface area contributed by atoms with Crippen molar-refractivity contribution in [3.05, 3.63) is 35.9 Å². The highest BCUT2D eigenvalue weighted by Crippen LogP contribution is 2.20. The van der Waals surface area contributed by atoms with Gasteiger partial charge in [-0.2, -0.15) is 13.2 Å². The number of carbonyl (C=O) groups is 5. The molecule has 0 heterocycles. The van der Waals surface area contributed by atoms with Crippen LogP contribution in [-0.2, 0) is 30.5 Å². The second kappa shape index (κ2) is 14.9. The Balaban J connectivity index is 2.97. The van der Waals surface area contributed by atoms with Crippen LogP contribution in [0.1, 0.15) is 52.5 Å². The fraction of sp³-hybridized carbons (Fsp3) is 0.560. The SMILES string of the molecule is CC(C)C[C@H](NC(=O)[C@@H](NC(=O)OCc1ccccc1)C(C)C)C(=O)N[C@@H](CCC(=O)O)C(=O)C(F)(F)F. The maximum Gasteiger partial charge on any atom is 0.452 e. The molecule has 0 bridgehead atoms. The van der Waals surface area contributed by atoms with Crippen molar-refractivity contribution >= 4 is 29.7 Å². The Morgan fingerprint density at radius 1 is 0.895 bits per heavy atom. The summed E-state index contributed by atoms with van der Waals surface area (Å²) in [6.45, 7) is 6.61. The molecule has 13 heteroatoms. The van der Waals surface area contributed by atoms with E-state index in [0.29, 0.717) is 5.56 Å². The maximum absolute atomic E-state index is 13.0. The van der Waals surface area contributed by atoms with E-state index in [1.165, 1.54) is 0 Å². The lowest BCUT2D eigenvalue weighted by Crippen LogP contribution is -2.58. The van der Waals surface area contributed by atoms with Gasteiger partial charge in [-0.05, 0) is 30.2 Å². The molecule has 0 aromatic heterocycles. The van der Waals surface area contributed by atoms with Crippen LogP contribution in [0.5, 0.6) is 0 Å². The second-order valence-electron chi connectivity index (χ2n) is 9.47. The lowest BCUT2D eigenvalue weighted by atomic mass is 9.99. The van der Waals surface area contributed by atoms with E-state index in [1.807, 2.05) is 5.32 Å². The highest BCUT2D eigenvalue weighted by molar-refractivity contribution is 5.96. The van der Waals surface area contributed by atoms with Gasteiger partial charge in [-0.25, -0.2) is 4.79 Å². The molecule has 0 aliphatic carbocycles. The van der Waals surface area contributed by atoms with Crippen molar-refractivity contribution in [2.75, 3.05) is 0 Å². The van der Waals surface area contributed by atoms with Crippen LogP contribution in [0, 0.1) is 11.8 Å². The minimum atomic E-state index is -5.31. The predicted molar refractivity (Wildman–Crippen MR) is 130 cm³/mol. The molecule has 0 aliphatic heterocycles. The number of rotatable bonds is 14. The number of carboxylic acids is 1. The van der Waals surface area contributed by atoms with Gasteiger partial charge in [0, 0.05) is 6.42 Å². The average molecular weight is 546 g/mol. The van der Waals surface area contributed by atoms with Gasteiger partial charge < -0.3 is 25.8 Å². The fourth-order valence-electron chi connectivity index (χ4n) is 3.40. The largest absolute Gasteiger partial charge is 0.481 e. The van der Waals surface area contributed by atoms with Gasteiger partial charge >= 0.3 is 18.2 Å². The topological polar surface area (TPSA) is 151 Å². The van der Waals surface area contributed by atoms with Gasteiger partial charge in [-0.15, -0.1) is 0 Å². The van der Waals surface area contributed by atoms with Crippen LogP contribution in [0.4, 0.5) is 18.0 Å². The van der Waals surface area contributed by atoms with E-state index in [-0.39, 0.29) is 18.9 Å². The molecular formula is C25H34F3N3O7. The van der Waals surface area contributed by atoms with Crippen LogP contribution in [0.3, 0.4) is 0 Å². The van der Waals surface area contributed by atoms with E-state index in [0.717, 1.165) is 0 Å². The molecule has 1 rings (SSSR count). The van der Waals surface area contributed by atoms with Crippen molar-refractivity contribution in [2.24, 2.45) is 11.8 Å². The number of carbonyl (C=O) groups excluding carboxylic acids is 4. The van der Waals surface area contributed by atoms with Crippen LogP contribution >= 0.6 is 0 Å². The first-order valence-corrected chi connectivity index (χ1v) is 12.0. The first kappa shape index (κ1) is 32.4. The van der Waals surface area contributed by atoms with E-state index in [4.69, 9.17) is 9.84 Å². The third kappa shape index (κ3) is 11.6. The van der Waals surface area contributed by atoms with Gasteiger partial charge in [0.2, 0.25) is 11.8 Å². The number of hydrogen-bond donors (Lipinski definition) is 4. The van der Waals surface area contributed by atoms with Crippen LogP contribution < -0.4 is 16.0 Å². The Morgan fingerprint density at radius 3 is 1.97 bits per heavy atom. The molecule has 10 nitrogen and oxygen atoms in total. The molecule has 0 aliphatic rings. The maximum atomic E-state index is 13.0. The first-order valence-electron chi connectivity index (χ1n) is 12.0. The molecule has 0 saturated carbocycles. The minimum Gasteiger partial charge on any atom is -0.481 e. The Bertz CT molecular complexity index is 969. The first-order chi connectivity index (χ1) is 17.6. The number of halogens is 3. The minimum absolute atomic E-state index is 0.00724. The predicted octanol–water partition coefficient (Wildman–Crippen LogP) is 2.95. The van der Waals surface area contributed by atoms with Gasteiger partial charge in [-0.1, -0.05) is 58.0 Å². The molecular weight excluding hydrogens is 511 g/mol. The standard InChI is InChI=1S/C25H34F3N3O7/c1-14(2)12-18(22(35)29-17(10-11-19(32)33)21(34)25(26,27)28)30-23(36)20(15(3)4)31-24(37)38-13-16-8-6-5-7-9-16/h5-9,14-15,17-18,20H,10-13H2,1-4H3,(H,29,35)(H,30,36)(H,31,37)(H,32,33)/t17-,18-,20-/m0/s1. The molecule has 0 fully saturated rings. The second-order valence-corrected chi connectivity index (χ2v) is 9.47. The van der Waals surface area contributed by atoms with Crippen molar-refractivity contribution in [3.63, 3.8) is 0 Å². The Morgan fingerprint density at radius 2 is 1.47 bits per heavy atom. The number of alkyl halides is 3. The zero-order chi connectivity index (χ0) is 29.0. The van der Waals surface area contributed by atoms with Gasteiger partial charge in [0.25, 0.3) is 5.78 Å². The van der Waals surface area contributed by atoms with Crippen molar-refractivity contribution in [1.29, 1.82) is 0 Å². The molecule has 0 unspecified atom stereocenters. The van der Waals surface area contributed by atoms with E-state index < -0.39 is 72.7 Å². The molecule has 3 atom stereocenters. The Labute approximate surface area is 218 Å². The van der Waals surface area contributed by atoms with Gasteiger partial charge in [0.15, 0.2) is 0 Å². The van der Waals surface area contributed by atoms with E-state index >= 15 is 0 Å². The number of benzene rings is 1. The monoisotopic (exact) mass is 545 g/mol. The smallest absolute Gasteiger partial charge is 0.452 e. The third-order valence-corrected chi connectivity index (χ3v) is 5.33. The lowest BCUT2D eigenvalue weighted by Gasteiger charge is -2.27. The zero-order valence-electron chi connectivity index (χ0n) is 21.6. The molecule has 3 amide bonds. The number of ketones is 1. The average Bonchev–Trinajstić information content (AvgIpc) is 2.82. The summed E-state index contributed by atoms with van der Waals surface area (Å²) in [4.78, 5) is 60.8. The summed E-state index contributed by atoms with van der Waals surface area (Å²) in [5, 5.41) is 15.6.